The number of halogens is 2. The van der Waals surface area contributed by atoms with Gasteiger partial charge in [0.2, 0.25) is 5.91 Å². The molecule has 0 aromatic carbocycles. The molecule has 0 aliphatic heterocycles. The standard InChI is InChI=1S/C16H15BrFN5O/c1-9(24)20-13-7-11-10(8-19-13)15(17)22-23(11)14-6-4-5-12(21-14)16(2,3)18/h4-8H,1-3H3,(H,19,20,24). The monoisotopic (exact) mass is 391 g/mol. The van der Waals surface area contributed by atoms with Crippen molar-refractivity contribution < 1.29 is 9.18 Å². The molecule has 1 amide bonds. The lowest BCUT2D eigenvalue weighted by atomic mass is 10.1. The predicted molar refractivity (Wildman–Crippen MR) is 92.8 cm³/mol. The molecule has 8 heteroatoms. The zero-order valence-electron chi connectivity index (χ0n) is 13.3. The fraction of sp³-hybridized carbons (Fsp3) is 0.250. The van der Waals surface area contributed by atoms with Crippen LogP contribution in [0.25, 0.3) is 16.7 Å². The summed E-state index contributed by atoms with van der Waals surface area (Å²) in [7, 11) is 0. The summed E-state index contributed by atoms with van der Waals surface area (Å²) >= 11 is 3.39. The minimum absolute atomic E-state index is 0.216. The number of amides is 1. The van der Waals surface area contributed by atoms with Gasteiger partial charge in [0.1, 0.15) is 16.1 Å². The largest absolute Gasteiger partial charge is 0.311 e. The third-order valence-electron chi connectivity index (χ3n) is 3.38. The first kappa shape index (κ1) is 16.5. The SMILES string of the molecule is CC(=O)Nc1cc2c(cn1)c(Br)nn2-c1cccc(C(C)(C)F)n1. The Balaban J connectivity index is 2.17. The average Bonchev–Trinajstić information content (AvgIpc) is 2.83. The third kappa shape index (κ3) is 3.14. The first-order valence-corrected chi connectivity index (χ1v) is 8.03. The molecule has 0 aliphatic carbocycles. The average molecular weight is 392 g/mol. The van der Waals surface area contributed by atoms with E-state index in [0.29, 0.717) is 27.4 Å². The molecule has 0 unspecified atom stereocenters. The van der Waals surface area contributed by atoms with E-state index < -0.39 is 5.67 Å². The van der Waals surface area contributed by atoms with Crippen molar-refractivity contribution in [2.45, 2.75) is 26.4 Å². The molecule has 3 rings (SSSR count). The third-order valence-corrected chi connectivity index (χ3v) is 3.97. The van der Waals surface area contributed by atoms with Gasteiger partial charge < -0.3 is 5.32 Å². The van der Waals surface area contributed by atoms with Gasteiger partial charge in [0.15, 0.2) is 5.82 Å². The van der Waals surface area contributed by atoms with E-state index >= 15 is 0 Å². The number of nitrogens with zero attached hydrogens (tertiary/aromatic N) is 4. The van der Waals surface area contributed by atoms with Crippen LogP contribution in [-0.4, -0.2) is 25.7 Å². The van der Waals surface area contributed by atoms with Gasteiger partial charge >= 0.3 is 0 Å². The Kier molecular flexibility index (Phi) is 4.08. The maximum absolute atomic E-state index is 14.2. The topological polar surface area (TPSA) is 72.7 Å². The number of nitrogens with one attached hydrogen (secondary N) is 1. The zero-order chi connectivity index (χ0) is 17.5. The molecule has 1 N–H and O–H groups in total. The van der Waals surface area contributed by atoms with Crippen LogP contribution in [0.2, 0.25) is 0 Å². The summed E-state index contributed by atoms with van der Waals surface area (Å²) in [5, 5.41) is 7.79. The molecule has 3 aromatic heterocycles. The fourth-order valence-electron chi connectivity index (χ4n) is 2.27. The molecule has 0 radical (unpaired) electrons. The van der Waals surface area contributed by atoms with Gasteiger partial charge in [0.05, 0.1) is 16.6 Å². The highest BCUT2D eigenvalue weighted by Gasteiger charge is 2.21. The van der Waals surface area contributed by atoms with Gasteiger partial charge in [0.25, 0.3) is 0 Å². The molecule has 3 aromatic rings. The predicted octanol–water partition coefficient (Wildman–Crippen LogP) is 3.74. The van der Waals surface area contributed by atoms with Crippen molar-refractivity contribution >= 4 is 38.6 Å². The molecule has 3 heterocycles. The lowest BCUT2D eigenvalue weighted by Crippen LogP contribution is -2.13. The first-order chi connectivity index (χ1) is 11.3. The molecule has 0 saturated carbocycles. The summed E-state index contributed by atoms with van der Waals surface area (Å²) in [5.41, 5.74) is -0.545. The van der Waals surface area contributed by atoms with Gasteiger partial charge in [-0.05, 0) is 41.9 Å². The number of hydrogen-bond acceptors (Lipinski definition) is 4. The van der Waals surface area contributed by atoms with E-state index in [-0.39, 0.29) is 5.91 Å². The summed E-state index contributed by atoms with van der Waals surface area (Å²) in [4.78, 5) is 19.8. The van der Waals surface area contributed by atoms with Gasteiger partial charge in [0, 0.05) is 19.2 Å². The van der Waals surface area contributed by atoms with Crippen molar-refractivity contribution in [3.05, 3.63) is 40.8 Å². The molecule has 0 atom stereocenters. The second kappa shape index (κ2) is 5.94. The summed E-state index contributed by atoms with van der Waals surface area (Å²) in [6, 6.07) is 6.81. The van der Waals surface area contributed by atoms with E-state index in [2.05, 4.69) is 36.3 Å². The highest BCUT2D eigenvalue weighted by atomic mass is 79.9. The van der Waals surface area contributed by atoms with Crippen LogP contribution in [0.4, 0.5) is 10.2 Å². The van der Waals surface area contributed by atoms with Crippen LogP contribution < -0.4 is 5.32 Å². The summed E-state index contributed by atoms with van der Waals surface area (Å²) in [5.74, 6) is 0.672. The molecule has 0 saturated heterocycles. The maximum Gasteiger partial charge on any atom is 0.222 e. The normalized spacial score (nSPS) is 11.7. The Morgan fingerprint density at radius 3 is 2.79 bits per heavy atom. The molecule has 0 aliphatic rings. The summed E-state index contributed by atoms with van der Waals surface area (Å²) in [6.07, 6.45) is 1.61. The van der Waals surface area contributed by atoms with Gasteiger partial charge in [-0.1, -0.05) is 6.07 Å². The maximum atomic E-state index is 14.2. The number of rotatable bonds is 3. The Bertz CT molecular complexity index is 932. The lowest BCUT2D eigenvalue weighted by molar-refractivity contribution is -0.114. The van der Waals surface area contributed by atoms with Crippen molar-refractivity contribution in [1.29, 1.82) is 0 Å². The molecule has 24 heavy (non-hydrogen) atoms. The van der Waals surface area contributed by atoms with E-state index in [0.717, 1.165) is 5.39 Å². The van der Waals surface area contributed by atoms with Crippen molar-refractivity contribution in [3.8, 4) is 5.82 Å². The van der Waals surface area contributed by atoms with Crippen molar-refractivity contribution in [2.75, 3.05) is 5.32 Å². The van der Waals surface area contributed by atoms with E-state index in [4.69, 9.17) is 0 Å². The Morgan fingerprint density at radius 2 is 2.12 bits per heavy atom. The summed E-state index contributed by atoms with van der Waals surface area (Å²) in [6.45, 7) is 4.32. The van der Waals surface area contributed by atoms with Gasteiger partial charge in [-0.2, -0.15) is 5.10 Å². The number of carbonyl (C=O) groups is 1. The van der Waals surface area contributed by atoms with Crippen LogP contribution in [0.5, 0.6) is 0 Å². The minimum Gasteiger partial charge on any atom is -0.311 e. The van der Waals surface area contributed by atoms with Crippen LogP contribution in [0.1, 0.15) is 26.5 Å². The number of fused-ring (bicyclic) bond motifs is 1. The molecule has 6 nitrogen and oxygen atoms in total. The van der Waals surface area contributed by atoms with Gasteiger partial charge in [-0.25, -0.2) is 19.0 Å². The quantitative estimate of drug-likeness (QED) is 0.737. The van der Waals surface area contributed by atoms with Gasteiger partial charge in [-0.3, -0.25) is 4.79 Å². The van der Waals surface area contributed by atoms with Crippen molar-refractivity contribution in [3.63, 3.8) is 0 Å². The number of aromatic nitrogens is 4. The van der Waals surface area contributed by atoms with Crippen molar-refractivity contribution in [1.82, 2.24) is 19.7 Å². The van der Waals surface area contributed by atoms with Crippen LogP contribution in [-0.2, 0) is 10.5 Å². The van der Waals surface area contributed by atoms with E-state index in [1.807, 2.05) is 0 Å². The molecule has 124 valence electrons. The number of alkyl halides is 1. The van der Waals surface area contributed by atoms with Gasteiger partial charge in [-0.15, -0.1) is 0 Å². The van der Waals surface area contributed by atoms with Crippen LogP contribution in [0, 0.1) is 0 Å². The fourth-order valence-corrected chi connectivity index (χ4v) is 2.73. The van der Waals surface area contributed by atoms with Crippen LogP contribution in [0.15, 0.2) is 35.1 Å². The van der Waals surface area contributed by atoms with Crippen LogP contribution in [0.3, 0.4) is 0 Å². The molecule has 0 bridgehead atoms. The summed E-state index contributed by atoms with van der Waals surface area (Å²) < 4.78 is 16.4. The van der Waals surface area contributed by atoms with E-state index in [9.17, 15) is 9.18 Å². The number of pyridine rings is 2. The second-order valence-corrected chi connectivity index (χ2v) is 6.58. The number of carbonyl (C=O) groups excluding carboxylic acids is 1. The Labute approximate surface area is 146 Å². The molecule has 0 spiro atoms. The Hall–Kier alpha value is -2.35. The first-order valence-electron chi connectivity index (χ1n) is 7.24. The zero-order valence-corrected chi connectivity index (χ0v) is 14.9. The Morgan fingerprint density at radius 1 is 1.38 bits per heavy atom. The molecule has 0 fully saturated rings. The number of anilines is 1. The van der Waals surface area contributed by atoms with E-state index in [1.165, 1.54) is 20.8 Å². The second-order valence-electron chi connectivity index (χ2n) is 5.82. The molecular formula is C16H15BrFN5O. The van der Waals surface area contributed by atoms with Crippen LogP contribution >= 0.6 is 15.9 Å². The molecular weight excluding hydrogens is 377 g/mol. The minimum atomic E-state index is -1.56. The van der Waals surface area contributed by atoms with Crippen molar-refractivity contribution in [2.24, 2.45) is 0 Å². The lowest BCUT2D eigenvalue weighted by Gasteiger charge is -2.14. The van der Waals surface area contributed by atoms with E-state index in [1.54, 1.807) is 35.1 Å². The smallest absolute Gasteiger partial charge is 0.222 e. The number of hydrogen-bond donors (Lipinski definition) is 1. The highest BCUT2D eigenvalue weighted by molar-refractivity contribution is 9.10. The highest BCUT2D eigenvalue weighted by Crippen LogP contribution is 2.28.